The molecule has 148 valence electrons. The van der Waals surface area contributed by atoms with Gasteiger partial charge in [0.15, 0.2) is 0 Å². The van der Waals surface area contributed by atoms with Crippen LogP contribution in [0.15, 0.2) is 12.7 Å². The summed E-state index contributed by atoms with van der Waals surface area (Å²) in [6.07, 6.45) is 8.56. The number of rotatable bonds is 5. The van der Waals surface area contributed by atoms with Crippen LogP contribution in [0.4, 0.5) is 0 Å². The summed E-state index contributed by atoms with van der Waals surface area (Å²) < 4.78 is 7.42. The summed E-state index contributed by atoms with van der Waals surface area (Å²) in [5.41, 5.74) is -0.231. The SMILES string of the molecule is COC1(CC(=O)N2CC[C@H]3[C@H](C[C@@H](Cn4cncn4)N3C(C)=O)C2)CCC1. The molecule has 3 heterocycles. The summed E-state index contributed by atoms with van der Waals surface area (Å²) in [5, 5.41) is 4.19. The molecule has 27 heavy (non-hydrogen) atoms. The first-order valence-corrected chi connectivity index (χ1v) is 9.95. The Hall–Kier alpha value is -1.96. The zero-order chi connectivity index (χ0) is 19.0. The number of aromatic nitrogens is 3. The van der Waals surface area contributed by atoms with Gasteiger partial charge in [0.05, 0.1) is 24.6 Å². The molecule has 2 aliphatic heterocycles. The van der Waals surface area contributed by atoms with Gasteiger partial charge in [0.2, 0.25) is 11.8 Å². The van der Waals surface area contributed by atoms with Gasteiger partial charge < -0.3 is 14.5 Å². The predicted molar refractivity (Wildman–Crippen MR) is 97.6 cm³/mol. The first-order chi connectivity index (χ1) is 13.0. The number of hydrogen-bond donors (Lipinski definition) is 0. The van der Waals surface area contributed by atoms with Crippen molar-refractivity contribution in [3.63, 3.8) is 0 Å². The van der Waals surface area contributed by atoms with Crippen LogP contribution >= 0.6 is 0 Å². The maximum Gasteiger partial charge on any atom is 0.225 e. The van der Waals surface area contributed by atoms with Gasteiger partial charge in [-0.3, -0.25) is 14.3 Å². The van der Waals surface area contributed by atoms with E-state index in [1.807, 2.05) is 9.80 Å². The molecule has 0 spiro atoms. The second-order valence-corrected chi connectivity index (χ2v) is 8.31. The van der Waals surface area contributed by atoms with Crippen molar-refractivity contribution in [1.29, 1.82) is 0 Å². The number of nitrogens with zero attached hydrogens (tertiary/aromatic N) is 5. The van der Waals surface area contributed by atoms with E-state index in [1.54, 1.807) is 25.0 Å². The van der Waals surface area contributed by atoms with Crippen molar-refractivity contribution in [1.82, 2.24) is 24.6 Å². The topological polar surface area (TPSA) is 80.6 Å². The molecular formula is C19H29N5O3. The molecule has 0 bridgehead atoms. The van der Waals surface area contributed by atoms with Gasteiger partial charge in [0.1, 0.15) is 12.7 Å². The van der Waals surface area contributed by atoms with Crippen molar-refractivity contribution >= 4 is 11.8 Å². The van der Waals surface area contributed by atoms with Gasteiger partial charge in [-0.05, 0) is 38.0 Å². The van der Waals surface area contributed by atoms with Gasteiger partial charge in [-0.1, -0.05) is 0 Å². The molecule has 0 radical (unpaired) electrons. The van der Waals surface area contributed by atoms with E-state index in [4.69, 9.17) is 4.74 Å². The summed E-state index contributed by atoms with van der Waals surface area (Å²) in [5.74, 6) is 0.643. The standard InChI is InChI=1S/C19H29N5O3/c1-14(25)24-16(11-23-13-20-12-21-23)8-15-10-22(7-4-17(15)24)18(26)9-19(27-2)5-3-6-19/h12-13,15-17H,3-11H2,1-2H3/t15-,16+,17+/m1/s1. The van der Waals surface area contributed by atoms with Gasteiger partial charge >= 0.3 is 0 Å². The van der Waals surface area contributed by atoms with Crippen LogP contribution in [0.2, 0.25) is 0 Å². The average Bonchev–Trinajstić information content (AvgIpc) is 3.24. The maximum atomic E-state index is 12.9. The Labute approximate surface area is 159 Å². The Morgan fingerprint density at radius 1 is 1.33 bits per heavy atom. The zero-order valence-electron chi connectivity index (χ0n) is 16.2. The highest BCUT2D eigenvalue weighted by molar-refractivity contribution is 5.78. The molecule has 8 heteroatoms. The van der Waals surface area contributed by atoms with Crippen LogP contribution in [0.1, 0.15) is 45.4 Å². The van der Waals surface area contributed by atoms with Crippen LogP contribution in [-0.4, -0.2) is 74.3 Å². The van der Waals surface area contributed by atoms with Gasteiger partial charge in [-0.2, -0.15) is 5.10 Å². The van der Waals surface area contributed by atoms with E-state index in [-0.39, 0.29) is 29.5 Å². The lowest BCUT2D eigenvalue weighted by molar-refractivity contribution is -0.146. The van der Waals surface area contributed by atoms with Crippen molar-refractivity contribution in [2.75, 3.05) is 20.2 Å². The molecule has 0 N–H and O–H groups in total. The van der Waals surface area contributed by atoms with Crippen molar-refractivity contribution < 1.29 is 14.3 Å². The van der Waals surface area contributed by atoms with Crippen LogP contribution in [-0.2, 0) is 20.9 Å². The van der Waals surface area contributed by atoms with Crippen molar-refractivity contribution in [2.45, 2.75) is 69.7 Å². The molecule has 1 aromatic rings. The fraction of sp³-hybridized carbons (Fsp3) is 0.789. The summed E-state index contributed by atoms with van der Waals surface area (Å²) in [6, 6.07) is 0.339. The normalized spacial score (nSPS) is 29.3. The van der Waals surface area contributed by atoms with Crippen LogP contribution in [0.5, 0.6) is 0 Å². The summed E-state index contributed by atoms with van der Waals surface area (Å²) in [7, 11) is 1.72. The largest absolute Gasteiger partial charge is 0.378 e. The number of carbonyl (C=O) groups is 2. The van der Waals surface area contributed by atoms with Gasteiger partial charge in [-0.15, -0.1) is 0 Å². The Kier molecular flexibility index (Phi) is 4.92. The summed E-state index contributed by atoms with van der Waals surface area (Å²) >= 11 is 0. The third-order valence-electron chi connectivity index (χ3n) is 6.77. The van der Waals surface area contributed by atoms with E-state index >= 15 is 0 Å². The van der Waals surface area contributed by atoms with Crippen molar-refractivity contribution in [3.05, 3.63) is 12.7 Å². The van der Waals surface area contributed by atoms with E-state index in [0.29, 0.717) is 18.9 Å². The highest BCUT2D eigenvalue weighted by Crippen LogP contribution is 2.40. The Morgan fingerprint density at radius 2 is 2.15 bits per heavy atom. The van der Waals surface area contributed by atoms with Gasteiger partial charge in [0, 0.05) is 33.2 Å². The Bertz CT molecular complexity index is 682. The Morgan fingerprint density at radius 3 is 2.74 bits per heavy atom. The lowest BCUT2D eigenvalue weighted by Crippen LogP contribution is -2.52. The molecule has 1 saturated carbocycles. The zero-order valence-corrected chi connectivity index (χ0v) is 16.2. The van der Waals surface area contributed by atoms with E-state index in [0.717, 1.165) is 45.2 Å². The van der Waals surface area contributed by atoms with E-state index in [9.17, 15) is 9.59 Å². The minimum atomic E-state index is -0.231. The summed E-state index contributed by atoms with van der Waals surface area (Å²) in [4.78, 5) is 33.2. The predicted octanol–water partition coefficient (Wildman–Crippen LogP) is 1.08. The monoisotopic (exact) mass is 375 g/mol. The fourth-order valence-corrected chi connectivity index (χ4v) is 5.19. The van der Waals surface area contributed by atoms with Crippen LogP contribution in [0, 0.1) is 5.92 Å². The number of carbonyl (C=O) groups excluding carboxylic acids is 2. The van der Waals surface area contributed by atoms with Crippen LogP contribution < -0.4 is 0 Å². The molecule has 1 aliphatic carbocycles. The molecule has 1 aromatic heterocycles. The molecule has 2 saturated heterocycles. The Balaban J connectivity index is 1.41. The molecule has 0 unspecified atom stereocenters. The maximum absolute atomic E-state index is 12.9. The molecule has 4 rings (SSSR count). The quantitative estimate of drug-likeness (QED) is 0.769. The number of amides is 2. The molecule has 0 aromatic carbocycles. The molecule has 8 nitrogen and oxygen atoms in total. The lowest BCUT2D eigenvalue weighted by atomic mass is 9.77. The second-order valence-electron chi connectivity index (χ2n) is 8.31. The number of methoxy groups -OCH3 is 1. The average molecular weight is 375 g/mol. The van der Waals surface area contributed by atoms with E-state index in [2.05, 4.69) is 10.1 Å². The van der Waals surface area contributed by atoms with Gasteiger partial charge in [0.25, 0.3) is 0 Å². The third-order valence-corrected chi connectivity index (χ3v) is 6.77. The van der Waals surface area contributed by atoms with E-state index in [1.165, 1.54) is 6.33 Å². The molecule has 3 aliphatic rings. The first kappa shape index (κ1) is 18.4. The number of ether oxygens (including phenoxy) is 1. The number of hydrogen-bond acceptors (Lipinski definition) is 5. The number of likely N-dealkylation sites (tertiary alicyclic amines) is 2. The lowest BCUT2D eigenvalue weighted by Gasteiger charge is -2.43. The molecule has 3 fully saturated rings. The van der Waals surface area contributed by atoms with Crippen LogP contribution in [0.25, 0.3) is 0 Å². The third kappa shape index (κ3) is 3.47. The summed E-state index contributed by atoms with van der Waals surface area (Å²) in [6.45, 7) is 3.76. The first-order valence-electron chi connectivity index (χ1n) is 9.95. The van der Waals surface area contributed by atoms with Crippen molar-refractivity contribution in [2.24, 2.45) is 5.92 Å². The highest BCUT2D eigenvalue weighted by atomic mass is 16.5. The van der Waals surface area contributed by atoms with E-state index < -0.39 is 0 Å². The molecule has 2 amide bonds. The van der Waals surface area contributed by atoms with Crippen LogP contribution in [0.3, 0.4) is 0 Å². The fourth-order valence-electron chi connectivity index (χ4n) is 5.19. The van der Waals surface area contributed by atoms with Gasteiger partial charge in [-0.25, -0.2) is 4.98 Å². The minimum absolute atomic E-state index is 0.111. The van der Waals surface area contributed by atoms with Crippen molar-refractivity contribution in [3.8, 4) is 0 Å². The highest BCUT2D eigenvalue weighted by Gasteiger charge is 2.47. The minimum Gasteiger partial charge on any atom is -0.378 e. The number of fused-ring (bicyclic) bond motifs is 1. The second kappa shape index (κ2) is 7.22. The molecular weight excluding hydrogens is 346 g/mol. The smallest absolute Gasteiger partial charge is 0.225 e. The number of piperidine rings is 1. The molecule has 3 atom stereocenters.